The Bertz CT molecular complexity index is 2480. The van der Waals surface area contributed by atoms with Crippen LogP contribution in [0.5, 0.6) is 0 Å². The van der Waals surface area contributed by atoms with Gasteiger partial charge in [-0.25, -0.2) is 19.9 Å². The molecule has 0 aliphatic carbocycles. The van der Waals surface area contributed by atoms with Crippen LogP contribution in [-0.4, -0.2) is 19.9 Å². The molecule has 0 spiro atoms. The van der Waals surface area contributed by atoms with Gasteiger partial charge < -0.3 is 0 Å². The second-order valence-electron chi connectivity index (χ2n) is 11.9. The van der Waals surface area contributed by atoms with Crippen molar-refractivity contribution < 1.29 is 0 Å². The molecule has 0 N–H and O–H groups in total. The summed E-state index contributed by atoms with van der Waals surface area (Å²) in [5, 5.41) is 5.56. The van der Waals surface area contributed by atoms with Gasteiger partial charge in [0.15, 0.2) is 17.5 Å². The highest BCUT2D eigenvalue weighted by Gasteiger charge is 2.18. The van der Waals surface area contributed by atoms with Gasteiger partial charge in [-0.1, -0.05) is 152 Å². The quantitative estimate of drug-likeness (QED) is 0.143. The summed E-state index contributed by atoms with van der Waals surface area (Å²) >= 11 is 0. The van der Waals surface area contributed by atoms with E-state index in [0.717, 1.165) is 55.0 Å². The third-order valence-corrected chi connectivity index (χ3v) is 8.92. The second kappa shape index (κ2) is 11.7. The van der Waals surface area contributed by atoms with Crippen LogP contribution in [0.25, 0.3) is 89.0 Å². The molecule has 9 rings (SSSR count). The number of aromatic nitrogens is 4. The van der Waals surface area contributed by atoms with Crippen molar-refractivity contribution in [3.05, 3.63) is 170 Å². The van der Waals surface area contributed by atoms with E-state index >= 15 is 0 Å². The highest BCUT2D eigenvalue weighted by Crippen LogP contribution is 2.36. The monoisotopic (exact) mass is 612 g/mol. The lowest BCUT2D eigenvalue weighted by atomic mass is 9.99. The molecule has 0 bridgehead atoms. The number of pyridine rings is 1. The van der Waals surface area contributed by atoms with Crippen LogP contribution in [0.15, 0.2) is 170 Å². The van der Waals surface area contributed by atoms with E-state index < -0.39 is 0 Å². The van der Waals surface area contributed by atoms with Crippen molar-refractivity contribution in [2.24, 2.45) is 0 Å². The first kappa shape index (κ1) is 27.8. The van der Waals surface area contributed by atoms with Crippen LogP contribution >= 0.6 is 0 Å². The highest BCUT2D eigenvalue weighted by molar-refractivity contribution is 6.14. The average Bonchev–Trinajstić information content (AvgIpc) is 3.17. The van der Waals surface area contributed by atoms with Crippen molar-refractivity contribution in [2.75, 3.05) is 0 Å². The molecule has 7 aromatic carbocycles. The van der Waals surface area contributed by atoms with Crippen molar-refractivity contribution in [3.63, 3.8) is 0 Å². The van der Waals surface area contributed by atoms with Gasteiger partial charge in [-0.3, -0.25) is 0 Å². The van der Waals surface area contributed by atoms with Gasteiger partial charge >= 0.3 is 0 Å². The topological polar surface area (TPSA) is 51.6 Å². The highest BCUT2D eigenvalue weighted by atomic mass is 15.0. The summed E-state index contributed by atoms with van der Waals surface area (Å²) in [5.74, 6) is 1.75. The van der Waals surface area contributed by atoms with Gasteiger partial charge in [-0.05, 0) is 56.6 Å². The molecule has 0 saturated carbocycles. The third-order valence-electron chi connectivity index (χ3n) is 8.92. The smallest absolute Gasteiger partial charge is 0.183 e. The van der Waals surface area contributed by atoms with Gasteiger partial charge in [0.1, 0.15) is 5.69 Å². The fourth-order valence-corrected chi connectivity index (χ4v) is 6.43. The van der Waals surface area contributed by atoms with Crippen LogP contribution in [0, 0.1) is 0 Å². The Morgan fingerprint density at radius 1 is 0.271 bits per heavy atom. The van der Waals surface area contributed by atoms with Gasteiger partial charge in [0.05, 0.1) is 5.52 Å². The van der Waals surface area contributed by atoms with Crippen LogP contribution in [0.3, 0.4) is 0 Å². The molecule has 0 atom stereocenters. The fraction of sp³-hybridized carbons (Fsp3) is 0. The number of benzene rings is 7. The molecule has 0 fully saturated rings. The fourth-order valence-electron chi connectivity index (χ4n) is 6.43. The van der Waals surface area contributed by atoms with Crippen LogP contribution < -0.4 is 0 Å². The average molecular weight is 613 g/mol. The lowest BCUT2D eigenvalue weighted by molar-refractivity contribution is 1.07. The number of hydrogen-bond donors (Lipinski definition) is 0. The van der Waals surface area contributed by atoms with Crippen LogP contribution in [0.2, 0.25) is 0 Å². The van der Waals surface area contributed by atoms with Crippen LogP contribution in [0.4, 0.5) is 0 Å². The molecular formula is C44H28N4. The molecule has 0 aliphatic heterocycles. The minimum absolute atomic E-state index is 0.542. The zero-order valence-electron chi connectivity index (χ0n) is 26.0. The first-order valence-corrected chi connectivity index (χ1v) is 16.1. The van der Waals surface area contributed by atoms with E-state index in [1.54, 1.807) is 0 Å². The standard InChI is InChI=1S/C44H28N4/c1-3-11-29(12-4-1)31-19-23-33(24-20-31)42-46-43(34-25-21-32(22-26-34)30-13-5-2-6-14-30)48-44(47-42)41-39-28-36-16-8-7-15-35(36)27-38(39)37-17-9-10-18-40(37)45-41/h1-28H. The Morgan fingerprint density at radius 2 is 0.688 bits per heavy atom. The molecular weight excluding hydrogens is 585 g/mol. The Balaban J connectivity index is 1.25. The number of hydrogen-bond acceptors (Lipinski definition) is 4. The number of fused-ring (bicyclic) bond motifs is 4. The molecule has 0 aliphatic rings. The molecule has 4 heteroatoms. The Hall–Kier alpha value is -6.52. The van der Waals surface area contributed by atoms with Gasteiger partial charge in [-0.15, -0.1) is 0 Å². The predicted molar refractivity (Wildman–Crippen MR) is 197 cm³/mol. The van der Waals surface area contributed by atoms with E-state index in [-0.39, 0.29) is 0 Å². The molecule has 2 heterocycles. The summed E-state index contributed by atoms with van der Waals surface area (Å²) in [6, 6.07) is 58.8. The third kappa shape index (κ3) is 5.06. The maximum absolute atomic E-state index is 5.20. The van der Waals surface area contributed by atoms with E-state index in [1.807, 2.05) is 18.2 Å². The van der Waals surface area contributed by atoms with Gasteiger partial charge in [0, 0.05) is 21.9 Å². The SMILES string of the molecule is c1ccc(-c2ccc(-c3nc(-c4ccc(-c5ccccc5)cc4)nc(-c4nc5ccccc5c5cc6ccccc6cc45)n3)cc2)cc1. The van der Waals surface area contributed by atoms with E-state index in [2.05, 4.69) is 152 Å². The molecule has 0 unspecified atom stereocenters. The van der Waals surface area contributed by atoms with E-state index in [1.165, 1.54) is 16.5 Å². The summed E-state index contributed by atoms with van der Waals surface area (Å²) in [5.41, 5.74) is 8.07. The first-order valence-electron chi connectivity index (χ1n) is 16.1. The lowest BCUT2D eigenvalue weighted by Crippen LogP contribution is -2.02. The minimum Gasteiger partial charge on any atom is -0.244 e. The zero-order chi connectivity index (χ0) is 31.9. The summed E-state index contributed by atoms with van der Waals surface area (Å²) in [4.78, 5) is 20.5. The van der Waals surface area contributed by atoms with Crippen LogP contribution in [0.1, 0.15) is 0 Å². The number of nitrogens with zero attached hydrogens (tertiary/aromatic N) is 4. The van der Waals surface area contributed by atoms with Crippen molar-refractivity contribution in [1.82, 2.24) is 19.9 Å². The van der Waals surface area contributed by atoms with E-state index in [0.29, 0.717) is 17.5 Å². The summed E-state index contributed by atoms with van der Waals surface area (Å²) < 4.78 is 0. The maximum Gasteiger partial charge on any atom is 0.183 e. The molecule has 0 saturated heterocycles. The summed E-state index contributed by atoms with van der Waals surface area (Å²) in [6.45, 7) is 0. The van der Waals surface area contributed by atoms with Crippen molar-refractivity contribution in [2.45, 2.75) is 0 Å². The molecule has 224 valence electrons. The maximum atomic E-state index is 5.20. The molecule has 48 heavy (non-hydrogen) atoms. The number of para-hydroxylation sites is 1. The predicted octanol–water partition coefficient (Wildman–Crippen LogP) is 11.1. The van der Waals surface area contributed by atoms with Crippen LogP contribution in [-0.2, 0) is 0 Å². The minimum atomic E-state index is 0.542. The van der Waals surface area contributed by atoms with Gasteiger partial charge in [-0.2, -0.15) is 0 Å². The number of rotatable bonds is 5. The summed E-state index contributed by atoms with van der Waals surface area (Å²) in [6.07, 6.45) is 0. The van der Waals surface area contributed by atoms with E-state index in [4.69, 9.17) is 19.9 Å². The normalized spacial score (nSPS) is 11.3. The molecule has 0 amide bonds. The summed E-state index contributed by atoms with van der Waals surface area (Å²) in [7, 11) is 0. The first-order chi connectivity index (χ1) is 23.8. The Kier molecular flexibility index (Phi) is 6.76. The second-order valence-corrected chi connectivity index (χ2v) is 11.9. The molecule has 0 radical (unpaired) electrons. The van der Waals surface area contributed by atoms with E-state index in [9.17, 15) is 0 Å². The van der Waals surface area contributed by atoms with Crippen molar-refractivity contribution in [1.29, 1.82) is 0 Å². The molecule has 4 nitrogen and oxygen atoms in total. The lowest BCUT2D eigenvalue weighted by Gasteiger charge is -2.13. The molecule has 9 aromatic rings. The zero-order valence-corrected chi connectivity index (χ0v) is 26.0. The molecule has 2 aromatic heterocycles. The Labute approximate surface area is 278 Å². The van der Waals surface area contributed by atoms with Gasteiger partial charge in [0.25, 0.3) is 0 Å². The van der Waals surface area contributed by atoms with Crippen molar-refractivity contribution in [3.8, 4) is 56.5 Å². The van der Waals surface area contributed by atoms with Crippen molar-refractivity contribution >= 4 is 32.4 Å². The Morgan fingerprint density at radius 3 is 1.25 bits per heavy atom. The van der Waals surface area contributed by atoms with Gasteiger partial charge in [0.2, 0.25) is 0 Å². The largest absolute Gasteiger partial charge is 0.244 e.